The van der Waals surface area contributed by atoms with Crippen LogP contribution in [0.3, 0.4) is 0 Å². The molecule has 7 nitrogen and oxygen atoms in total. The van der Waals surface area contributed by atoms with Gasteiger partial charge >= 0.3 is 0 Å². The van der Waals surface area contributed by atoms with Gasteiger partial charge in [0.15, 0.2) is 0 Å². The first-order valence-corrected chi connectivity index (χ1v) is 8.04. The van der Waals surface area contributed by atoms with Crippen molar-refractivity contribution in [1.82, 2.24) is 10.6 Å². The highest BCUT2D eigenvalue weighted by molar-refractivity contribution is 6.18. The molecule has 0 atom stereocenters. The molecule has 0 aliphatic carbocycles. The van der Waals surface area contributed by atoms with E-state index in [0.29, 0.717) is 37.7 Å². The number of rotatable bonds is 9. The normalized spacial score (nSPS) is 10.2. The van der Waals surface area contributed by atoms with Gasteiger partial charge in [-0.15, -0.1) is 23.2 Å². The maximum Gasteiger partial charge on any atom is 0.271 e. The van der Waals surface area contributed by atoms with E-state index in [0.717, 1.165) is 12.1 Å². The van der Waals surface area contributed by atoms with E-state index in [1.165, 1.54) is 6.07 Å². The van der Waals surface area contributed by atoms with Crippen LogP contribution in [0.4, 0.5) is 5.69 Å². The lowest BCUT2D eigenvalue weighted by Crippen LogP contribution is -2.27. The number of hydrogen-bond donors (Lipinski definition) is 2. The molecule has 0 aliphatic rings. The molecule has 1 aromatic carbocycles. The van der Waals surface area contributed by atoms with Gasteiger partial charge < -0.3 is 10.6 Å². The van der Waals surface area contributed by atoms with Gasteiger partial charge in [-0.05, 0) is 18.9 Å². The van der Waals surface area contributed by atoms with Crippen molar-refractivity contribution in [3.63, 3.8) is 0 Å². The molecule has 0 unspecified atom stereocenters. The maximum absolute atomic E-state index is 12.0. The SMILES string of the molecule is O=C(NCCCCl)c1cc(C(=O)NCCCCl)cc([N+](=O)[O-])c1. The van der Waals surface area contributed by atoms with Gasteiger partial charge in [0.1, 0.15) is 0 Å². The van der Waals surface area contributed by atoms with Crippen LogP contribution in [0.2, 0.25) is 0 Å². The number of hydrogen-bond acceptors (Lipinski definition) is 4. The molecule has 0 heterocycles. The van der Waals surface area contributed by atoms with E-state index in [1.54, 1.807) is 0 Å². The van der Waals surface area contributed by atoms with Crippen molar-refractivity contribution in [3.05, 3.63) is 39.4 Å². The summed E-state index contributed by atoms with van der Waals surface area (Å²) in [7, 11) is 0. The number of benzene rings is 1. The van der Waals surface area contributed by atoms with Crippen molar-refractivity contribution in [1.29, 1.82) is 0 Å². The molecule has 2 N–H and O–H groups in total. The number of halogens is 2. The van der Waals surface area contributed by atoms with E-state index in [4.69, 9.17) is 23.2 Å². The van der Waals surface area contributed by atoms with Crippen LogP contribution in [0.1, 0.15) is 33.6 Å². The summed E-state index contributed by atoms with van der Waals surface area (Å²) in [6.07, 6.45) is 1.15. The molecule has 0 bridgehead atoms. The molecule has 0 aliphatic heterocycles. The Bertz CT molecular complexity index is 541. The van der Waals surface area contributed by atoms with Gasteiger partial charge in [-0.3, -0.25) is 19.7 Å². The van der Waals surface area contributed by atoms with Crippen LogP contribution >= 0.6 is 23.2 Å². The third-order valence-electron chi connectivity index (χ3n) is 2.84. The van der Waals surface area contributed by atoms with E-state index in [-0.39, 0.29) is 16.8 Å². The minimum atomic E-state index is -0.648. The molecule has 0 saturated carbocycles. The van der Waals surface area contributed by atoms with Crippen LogP contribution in [-0.2, 0) is 0 Å². The summed E-state index contributed by atoms with van der Waals surface area (Å²) in [4.78, 5) is 34.3. The monoisotopic (exact) mass is 361 g/mol. The topological polar surface area (TPSA) is 101 Å². The lowest BCUT2D eigenvalue weighted by atomic mass is 10.1. The van der Waals surface area contributed by atoms with Crippen molar-refractivity contribution in [2.24, 2.45) is 0 Å². The Morgan fingerprint density at radius 2 is 1.39 bits per heavy atom. The number of non-ortho nitro benzene ring substituents is 1. The molecule has 0 fully saturated rings. The minimum Gasteiger partial charge on any atom is -0.352 e. The Balaban J connectivity index is 2.95. The zero-order valence-corrected chi connectivity index (χ0v) is 13.8. The van der Waals surface area contributed by atoms with Gasteiger partial charge in [0, 0.05) is 48.1 Å². The highest BCUT2D eigenvalue weighted by atomic mass is 35.5. The van der Waals surface area contributed by atoms with Gasteiger partial charge in [-0.1, -0.05) is 0 Å². The average molecular weight is 362 g/mol. The molecular formula is C14H17Cl2N3O4. The number of nitro groups is 1. The van der Waals surface area contributed by atoms with Crippen molar-refractivity contribution in [2.75, 3.05) is 24.8 Å². The summed E-state index contributed by atoms with van der Waals surface area (Å²) >= 11 is 11.0. The number of nitro benzene ring substituents is 1. The molecule has 0 aromatic heterocycles. The highest BCUT2D eigenvalue weighted by Gasteiger charge is 2.17. The molecule has 126 valence electrons. The Labute approximate surface area is 143 Å². The number of nitrogens with zero attached hydrogens (tertiary/aromatic N) is 1. The van der Waals surface area contributed by atoms with Crippen LogP contribution in [0, 0.1) is 10.1 Å². The molecule has 0 saturated heterocycles. The Hall–Kier alpha value is -1.86. The van der Waals surface area contributed by atoms with Crippen LogP contribution in [0.25, 0.3) is 0 Å². The smallest absolute Gasteiger partial charge is 0.271 e. The fraction of sp³-hybridized carbons (Fsp3) is 0.429. The van der Waals surface area contributed by atoms with E-state index in [1.807, 2.05) is 0 Å². The first-order chi connectivity index (χ1) is 11.0. The largest absolute Gasteiger partial charge is 0.352 e. The van der Waals surface area contributed by atoms with E-state index in [2.05, 4.69) is 10.6 Å². The lowest BCUT2D eigenvalue weighted by molar-refractivity contribution is -0.384. The molecule has 1 aromatic rings. The van der Waals surface area contributed by atoms with Crippen molar-refractivity contribution in [3.8, 4) is 0 Å². The second-order valence-electron chi connectivity index (χ2n) is 4.62. The zero-order chi connectivity index (χ0) is 17.2. The number of carbonyl (C=O) groups excluding carboxylic acids is 2. The number of nitrogens with one attached hydrogen (secondary N) is 2. The average Bonchev–Trinajstić information content (AvgIpc) is 2.54. The molecule has 0 spiro atoms. The maximum atomic E-state index is 12.0. The Morgan fingerprint density at radius 1 is 0.957 bits per heavy atom. The van der Waals surface area contributed by atoms with Crippen molar-refractivity contribution in [2.45, 2.75) is 12.8 Å². The zero-order valence-electron chi connectivity index (χ0n) is 12.3. The predicted octanol–water partition coefficient (Wildman–Crippen LogP) is 2.31. The van der Waals surface area contributed by atoms with Crippen LogP contribution in [0.15, 0.2) is 18.2 Å². The van der Waals surface area contributed by atoms with Crippen LogP contribution in [0.5, 0.6) is 0 Å². The lowest BCUT2D eigenvalue weighted by Gasteiger charge is -2.08. The molecule has 9 heteroatoms. The standard InChI is InChI=1S/C14H17Cl2N3O4/c15-3-1-5-17-13(20)10-7-11(9-12(8-10)19(22)23)14(21)18-6-2-4-16/h7-9H,1-6H2,(H,17,20)(H,18,21). The van der Waals surface area contributed by atoms with Crippen molar-refractivity contribution >= 4 is 40.7 Å². The summed E-state index contributed by atoms with van der Waals surface area (Å²) in [6.45, 7) is 0.699. The van der Waals surface area contributed by atoms with Crippen molar-refractivity contribution < 1.29 is 14.5 Å². The quantitative estimate of drug-likeness (QED) is 0.305. The number of alkyl halides is 2. The first-order valence-electron chi connectivity index (χ1n) is 6.97. The van der Waals surface area contributed by atoms with Gasteiger partial charge in [0.05, 0.1) is 4.92 Å². The predicted molar refractivity (Wildman–Crippen MR) is 88.4 cm³/mol. The fourth-order valence-corrected chi connectivity index (χ4v) is 1.99. The summed E-state index contributed by atoms with van der Waals surface area (Å²) in [5.41, 5.74) is -0.218. The van der Waals surface area contributed by atoms with Crippen LogP contribution < -0.4 is 10.6 Å². The van der Waals surface area contributed by atoms with E-state index >= 15 is 0 Å². The third-order valence-corrected chi connectivity index (χ3v) is 3.38. The highest BCUT2D eigenvalue weighted by Crippen LogP contribution is 2.17. The summed E-state index contributed by atoms with van der Waals surface area (Å²) in [5, 5.41) is 16.2. The van der Waals surface area contributed by atoms with Gasteiger partial charge in [-0.25, -0.2) is 0 Å². The second kappa shape index (κ2) is 10.0. The summed E-state index contributed by atoms with van der Waals surface area (Å²) in [6, 6.07) is 3.58. The minimum absolute atomic E-state index is 0.0521. The third kappa shape index (κ3) is 6.42. The number of carbonyl (C=O) groups is 2. The number of amides is 2. The summed E-state index contributed by atoms with van der Waals surface area (Å²) in [5.74, 6) is -0.199. The molecule has 1 rings (SSSR count). The van der Waals surface area contributed by atoms with Crippen LogP contribution in [-0.4, -0.2) is 41.6 Å². The fourth-order valence-electron chi connectivity index (χ4n) is 1.72. The molecule has 23 heavy (non-hydrogen) atoms. The van der Waals surface area contributed by atoms with E-state index in [9.17, 15) is 19.7 Å². The van der Waals surface area contributed by atoms with E-state index < -0.39 is 16.7 Å². The van der Waals surface area contributed by atoms with Gasteiger partial charge in [0.2, 0.25) is 0 Å². The van der Waals surface area contributed by atoms with Gasteiger partial charge in [-0.2, -0.15) is 0 Å². The Kier molecular flexibility index (Phi) is 8.36. The second-order valence-corrected chi connectivity index (χ2v) is 5.38. The Morgan fingerprint density at radius 3 is 1.74 bits per heavy atom. The summed E-state index contributed by atoms with van der Waals surface area (Å²) < 4.78 is 0. The molecular weight excluding hydrogens is 345 g/mol. The molecule has 0 radical (unpaired) electrons. The van der Waals surface area contributed by atoms with Gasteiger partial charge in [0.25, 0.3) is 17.5 Å². The molecule has 2 amide bonds. The first kappa shape index (κ1) is 19.2.